The van der Waals surface area contributed by atoms with Gasteiger partial charge in [-0.05, 0) is 105 Å². The molecule has 0 aliphatic heterocycles. The Balaban J connectivity index is 1.54. The molecule has 0 amide bonds. The summed E-state index contributed by atoms with van der Waals surface area (Å²) in [5.41, 5.74) is 1.52. The molecule has 4 saturated carbocycles. The summed E-state index contributed by atoms with van der Waals surface area (Å²) < 4.78 is 0. The number of allylic oxidation sites excluding steroid dienone is 1. The molecular formula is C33H58. The minimum Gasteiger partial charge on any atom is -0.0996 e. The molecule has 0 aromatic carbocycles. The highest BCUT2D eigenvalue weighted by Crippen LogP contribution is 2.61. The fraction of sp³-hybridized carbons (Fsp3) is 0.939. The van der Waals surface area contributed by atoms with Crippen LogP contribution in [-0.2, 0) is 0 Å². The van der Waals surface area contributed by atoms with Crippen LogP contribution in [0.15, 0.2) is 12.2 Å². The van der Waals surface area contributed by atoms with Gasteiger partial charge in [0.25, 0.3) is 0 Å². The first-order chi connectivity index (χ1) is 16.2. The number of hydrogen-bond acceptors (Lipinski definition) is 0. The van der Waals surface area contributed by atoms with Crippen molar-refractivity contribution in [2.45, 2.75) is 143 Å². The van der Waals surface area contributed by atoms with E-state index in [2.05, 4.69) is 27.4 Å². The van der Waals surface area contributed by atoms with Crippen LogP contribution < -0.4 is 0 Å². The van der Waals surface area contributed by atoms with Gasteiger partial charge in [-0.15, -0.1) is 0 Å². The van der Waals surface area contributed by atoms with E-state index in [9.17, 15) is 0 Å². The smallest absolute Gasteiger partial charge is 0.0209 e. The van der Waals surface area contributed by atoms with Crippen LogP contribution in [0.25, 0.3) is 0 Å². The van der Waals surface area contributed by atoms with Gasteiger partial charge < -0.3 is 0 Å². The van der Waals surface area contributed by atoms with Crippen molar-refractivity contribution in [2.75, 3.05) is 0 Å². The molecule has 0 heterocycles. The summed E-state index contributed by atoms with van der Waals surface area (Å²) in [6, 6.07) is 0. The minimum atomic E-state index is 0.771. The van der Waals surface area contributed by atoms with Gasteiger partial charge in [0.15, 0.2) is 0 Å². The van der Waals surface area contributed by atoms with E-state index in [4.69, 9.17) is 0 Å². The lowest BCUT2D eigenvalue weighted by Gasteiger charge is -2.59. The number of rotatable bonds is 8. The van der Waals surface area contributed by atoms with Crippen LogP contribution in [0.2, 0.25) is 0 Å². The predicted octanol–water partition coefficient (Wildman–Crippen LogP) is 10.6. The molecule has 0 spiro atoms. The summed E-state index contributed by atoms with van der Waals surface area (Å²) in [6.07, 6.45) is 28.6. The summed E-state index contributed by atoms with van der Waals surface area (Å²) in [6.45, 7) is 11.8. The van der Waals surface area contributed by atoms with Gasteiger partial charge in [0.05, 0.1) is 0 Å². The van der Waals surface area contributed by atoms with E-state index in [-0.39, 0.29) is 0 Å². The molecule has 0 aromatic rings. The normalized spacial score (nSPS) is 37.8. The van der Waals surface area contributed by atoms with E-state index in [1.807, 2.05) is 0 Å². The van der Waals surface area contributed by atoms with Crippen LogP contribution in [0.5, 0.6) is 0 Å². The average Bonchev–Trinajstić information content (AvgIpc) is 2.82. The molecule has 7 unspecified atom stereocenters. The first kappa shape index (κ1) is 25.8. The zero-order valence-corrected chi connectivity index (χ0v) is 22.8. The third kappa shape index (κ3) is 5.94. The summed E-state index contributed by atoms with van der Waals surface area (Å²) in [5.74, 6) is 9.23. The number of fused-ring (bicyclic) bond motifs is 2. The van der Waals surface area contributed by atoms with Gasteiger partial charge in [0, 0.05) is 0 Å². The van der Waals surface area contributed by atoms with Crippen molar-refractivity contribution in [1.29, 1.82) is 0 Å². The van der Waals surface area contributed by atoms with Gasteiger partial charge in [0.1, 0.15) is 0 Å². The van der Waals surface area contributed by atoms with E-state index < -0.39 is 0 Å². The maximum absolute atomic E-state index is 4.44. The Morgan fingerprint density at radius 2 is 1.15 bits per heavy atom. The van der Waals surface area contributed by atoms with Gasteiger partial charge in [-0.3, -0.25) is 0 Å². The molecule has 0 aromatic heterocycles. The van der Waals surface area contributed by atoms with Gasteiger partial charge in [0.2, 0.25) is 0 Å². The monoisotopic (exact) mass is 454 g/mol. The maximum Gasteiger partial charge on any atom is -0.0209 e. The van der Waals surface area contributed by atoms with Crippen molar-refractivity contribution in [3.63, 3.8) is 0 Å². The second-order valence-electron chi connectivity index (χ2n) is 13.2. The summed E-state index contributed by atoms with van der Waals surface area (Å²) in [4.78, 5) is 0. The second-order valence-corrected chi connectivity index (χ2v) is 13.2. The lowest BCUT2D eigenvalue weighted by molar-refractivity contribution is -0.105. The zero-order valence-electron chi connectivity index (χ0n) is 22.8. The molecule has 0 N–H and O–H groups in total. The van der Waals surface area contributed by atoms with Crippen LogP contribution in [0.4, 0.5) is 0 Å². The molecule has 4 aliphatic rings. The van der Waals surface area contributed by atoms with Gasteiger partial charge in [-0.1, -0.05) is 104 Å². The fourth-order valence-corrected chi connectivity index (χ4v) is 9.98. The van der Waals surface area contributed by atoms with Gasteiger partial charge in [-0.2, -0.15) is 0 Å². The third-order valence-corrected chi connectivity index (χ3v) is 11.6. The molecule has 0 nitrogen and oxygen atoms in total. The Labute approximate surface area is 208 Å². The molecule has 4 rings (SSSR count). The molecule has 0 bridgehead atoms. The Bertz CT molecular complexity index is 557. The van der Waals surface area contributed by atoms with Gasteiger partial charge in [-0.25, -0.2) is 0 Å². The maximum atomic E-state index is 4.44. The molecule has 4 aliphatic carbocycles. The Kier molecular flexibility index (Phi) is 9.88. The topological polar surface area (TPSA) is 0 Å². The highest BCUT2D eigenvalue weighted by Gasteiger charge is 2.53. The van der Waals surface area contributed by atoms with Crippen molar-refractivity contribution in [1.82, 2.24) is 0 Å². The third-order valence-electron chi connectivity index (χ3n) is 11.6. The van der Waals surface area contributed by atoms with E-state index in [1.165, 1.54) is 89.0 Å². The molecule has 33 heavy (non-hydrogen) atoms. The largest absolute Gasteiger partial charge is 0.0996 e. The molecule has 8 atom stereocenters. The Morgan fingerprint density at radius 3 is 1.67 bits per heavy atom. The van der Waals surface area contributed by atoms with Crippen LogP contribution in [0.1, 0.15) is 143 Å². The second kappa shape index (κ2) is 12.6. The lowest BCUT2D eigenvalue weighted by atomic mass is 9.46. The summed E-state index contributed by atoms with van der Waals surface area (Å²) >= 11 is 0. The van der Waals surface area contributed by atoms with E-state index in [1.54, 1.807) is 38.5 Å². The molecular weight excluding hydrogens is 396 g/mol. The van der Waals surface area contributed by atoms with Crippen LogP contribution in [-0.4, -0.2) is 0 Å². The van der Waals surface area contributed by atoms with Crippen LogP contribution in [0.3, 0.4) is 0 Å². The SMILES string of the molecule is C=C(CC)C(CC)CCC(C)C1C2CCCCC2C(C2CCCCCCC2)[C@H]2CCCCC12. The lowest BCUT2D eigenvalue weighted by Crippen LogP contribution is -2.52. The molecule has 0 heteroatoms. The highest BCUT2D eigenvalue weighted by molar-refractivity contribution is 5.03. The standard InChI is InChI=1S/C33H58/c1-5-24(3)26(6-2)23-22-25(4)32-28-18-12-14-20-30(28)33(31-21-15-13-19-29(31)32)27-16-10-8-7-9-11-17-27/h25-33H,3,5-23H2,1-2,4H3/t25?,26?,28?,29?,30-,31?,32?,33?/m0/s1. The molecule has 190 valence electrons. The van der Waals surface area contributed by atoms with Crippen molar-refractivity contribution in [3.05, 3.63) is 12.2 Å². The van der Waals surface area contributed by atoms with Crippen molar-refractivity contribution in [2.24, 2.45) is 53.3 Å². The Morgan fingerprint density at radius 1 is 0.667 bits per heavy atom. The van der Waals surface area contributed by atoms with Crippen LogP contribution >= 0.6 is 0 Å². The van der Waals surface area contributed by atoms with Crippen molar-refractivity contribution in [3.8, 4) is 0 Å². The predicted molar refractivity (Wildman–Crippen MR) is 145 cm³/mol. The zero-order chi connectivity index (χ0) is 23.2. The average molecular weight is 455 g/mol. The summed E-state index contributed by atoms with van der Waals surface area (Å²) in [5, 5.41) is 0. The quantitative estimate of drug-likeness (QED) is 0.320. The summed E-state index contributed by atoms with van der Waals surface area (Å²) in [7, 11) is 0. The first-order valence-electron chi connectivity index (χ1n) is 15.8. The van der Waals surface area contributed by atoms with E-state index in [0.717, 1.165) is 53.3 Å². The minimum absolute atomic E-state index is 0.771. The van der Waals surface area contributed by atoms with E-state index >= 15 is 0 Å². The molecule has 0 saturated heterocycles. The fourth-order valence-electron chi connectivity index (χ4n) is 9.98. The van der Waals surface area contributed by atoms with Gasteiger partial charge >= 0.3 is 0 Å². The Hall–Kier alpha value is -0.260. The molecule has 4 fully saturated rings. The number of hydrogen-bond donors (Lipinski definition) is 0. The van der Waals surface area contributed by atoms with Crippen molar-refractivity contribution < 1.29 is 0 Å². The first-order valence-corrected chi connectivity index (χ1v) is 15.8. The van der Waals surface area contributed by atoms with E-state index in [0.29, 0.717) is 0 Å². The van der Waals surface area contributed by atoms with Crippen molar-refractivity contribution >= 4 is 0 Å². The van der Waals surface area contributed by atoms with Crippen LogP contribution in [0, 0.1) is 53.3 Å². The molecule has 0 radical (unpaired) electrons. The highest BCUT2D eigenvalue weighted by atomic mass is 14.6.